The highest BCUT2D eigenvalue weighted by atomic mass is 32.2. The molecule has 2 rings (SSSR count). The number of amides is 1. The number of halogens is 4. The Morgan fingerprint density at radius 3 is 2.10 bits per heavy atom. The van der Waals surface area contributed by atoms with Crippen LogP contribution in [0.5, 0.6) is 5.75 Å². The summed E-state index contributed by atoms with van der Waals surface area (Å²) in [5, 5.41) is 2.46. The maximum atomic E-state index is 13.2. The smallest absolute Gasteiger partial charge is 0.406 e. The molecule has 0 bridgehead atoms. The first-order chi connectivity index (χ1) is 13.4. The van der Waals surface area contributed by atoms with Crippen molar-refractivity contribution in [3.8, 4) is 5.75 Å². The molecule has 0 saturated heterocycles. The van der Waals surface area contributed by atoms with Crippen molar-refractivity contribution in [1.82, 2.24) is 0 Å². The SMILES string of the molecule is CC[C@@H](C(=O)Nc1ccc(OC(F)(F)F)cc1)N(c1ccc(F)cc1)S(C)(=O)=O. The van der Waals surface area contributed by atoms with E-state index in [4.69, 9.17) is 0 Å². The first-order valence-corrected chi connectivity index (χ1v) is 10.2. The molecular weight excluding hydrogens is 416 g/mol. The molecule has 1 N–H and O–H groups in total. The van der Waals surface area contributed by atoms with Crippen molar-refractivity contribution in [2.45, 2.75) is 25.7 Å². The van der Waals surface area contributed by atoms with Gasteiger partial charge in [0.15, 0.2) is 0 Å². The van der Waals surface area contributed by atoms with Gasteiger partial charge >= 0.3 is 6.36 Å². The largest absolute Gasteiger partial charge is 0.573 e. The van der Waals surface area contributed by atoms with E-state index in [0.29, 0.717) is 0 Å². The number of carbonyl (C=O) groups is 1. The van der Waals surface area contributed by atoms with Gasteiger partial charge in [-0.25, -0.2) is 12.8 Å². The van der Waals surface area contributed by atoms with Crippen LogP contribution in [0.3, 0.4) is 0 Å². The minimum atomic E-state index is -4.84. The van der Waals surface area contributed by atoms with Crippen LogP contribution in [-0.4, -0.2) is 33.0 Å². The van der Waals surface area contributed by atoms with Crippen LogP contribution in [0.1, 0.15) is 13.3 Å². The van der Waals surface area contributed by atoms with Crippen molar-refractivity contribution < 1.29 is 35.5 Å². The lowest BCUT2D eigenvalue weighted by atomic mass is 10.1. The van der Waals surface area contributed by atoms with Crippen molar-refractivity contribution in [3.63, 3.8) is 0 Å². The summed E-state index contributed by atoms with van der Waals surface area (Å²) in [5.74, 6) is -1.74. The summed E-state index contributed by atoms with van der Waals surface area (Å²) in [4.78, 5) is 12.7. The molecule has 0 spiro atoms. The maximum Gasteiger partial charge on any atom is 0.573 e. The standard InChI is InChI=1S/C18H18F4N2O4S/c1-3-16(24(29(2,26)27)14-8-4-12(19)5-9-14)17(25)23-13-6-10-15(11-7-13)28-18(20,21)22/h4-11,16H,3H2,1-2H3,(H,23,25)/t16-/m0/s1. The zero-order valence-corrected chi connectivity index (χ0v) is 16.2. The van der Waals surface area contributed by atoms with Crippen LogP contribution in [0.2, 0.25) is 0 Å². The van der Waals surface area contributed by atoms with Gasteiger partial charge in [-0.05, 0) is 55.0 Å². The normalized spacial score (nSPS) is 12.9. The zero-order chi connectivity index (χ0) is 21.8. The number of hydrogen-bond acceptors (Lipinski definition) is 4. The van der Waals surface area contributed by atoms with E-state index in [-0.39, 0.29) is 17.8 Å². The van der Waals surface area contributed by atoms with Gasteiger partial charge in [-0.15, -0.1) is 13.2 Å². The van der Waals surface area contributed by atoms with Crippen molar-refractivity contribution in [1.29, 1.82) is 0 Å². The van der Waals surface area contributed by atoms with Gasteiger partial charge in [-0.3, -0.25) is 9.10 Å². The predicted octanol–water partition coefficient (Wildman–Crippen LogP) is 3.91. The number of anilines is 2. The molecule has 11 heteroatoms. The maximum absolute atomic E-state index is 13.2. The van der Waals surface area contributed by atoms with E-state index in [1.54, 1.807) is 6.92 Å². The second-order valence-electron chi connectivity index (χ2n) is 6.02. The molecule has 0 aliphatic heterocycles. The highest BCUT2D eigenvalue weighted by Crippen LogP contribution is 2.26. The Hall–Kier alpha value is -2.82. The third-order valence-electron chi connectivity index (χ3n) is 3.77. The van der Waals surface area contributed by atoms with E-state index in [1.807, 2.05) is 0 Å². The van der Waals surface area contributed by atoms with Crippen molar-refractivity contribution in [2.24, 2.45) is 0 Å². The summed E-state index contributed by atoms with van der Waals surface area (Å²) in [5.41, 5.74) is 0.250. The summed E-state index contributed by atoms with van der Waals surface area (Å²) < 4.78 is 79.0. The Morgan fingerprint density at radius 1 is 1.10 bits per heavy atom. The van der Waals surface area contributed by atoms with Crippen LogP contribution in [0.25, 0.3) is 0 Å². The molecule has 1 amide bonds. The average Bonchev–Trinajstić information content (AvgIpc) is 2.60. The Labute approximate surface area is 165 Å². The third-order valence-corrected chi connectivity index (χ3v) is 4.95. The Morgan fingerprint density at radius 2 is 1.66 bits per heavy atom. The van der Waals surface area contributed by atoms with Crippen molar-refractivity contribution in [3.05, 3.63) is 54.3 Å². The molecule has 0 heterocycles. The quantitative estimate of drug-likeness (QED) is 0.671. The average molecular weight is 434 g/mol. The number of rotatable bonds is 7. The molecule has 6 nitrogen and oxygen atoms in total. The Kier molecular flexibility index (Phi) is 6.73. The second-order valence-corrected chi connectivity index (χ2v) is 7.88. The lowest BCUT2D eigenvalue weighted by Crippen LogP contribution is -2.47. The van der Waals surface area contributed by atoms with Crippen LogP contribution in [0.4, 0.5) is 28.9 Å². The molecule has 0 saturated carbocycles. The van der Waals surface area contributed by atoms with Crippen LogP contribution in [0.15, 0.2) is 48.5 Å². The summed E-state index contributed by atoms with van der Waals surface area (Å²) >= 11 is 0. The van der Waals surface area contributed by atoms with E-state index in [1.165, 1.54) is 24.3 Å². The molecule has 158 valence electrons. The van der Waals surface area contributed by atoms with Crippen LogP contribution in [0, 0.1) is 5.82 Å². The number of alkyl halides is 3. The number of nitrogens with zero attached hydrogens (tertiary/aromatic N) is 1. The van der Waals surface area contributed by atoms with Gasteiger partial charge in [0.1, 0.15) is 17.6 Å². The molecule has 0 aliphatic rings. The Bertz CT molecular complexity index is 945. The monoisotopic (exact) mass is 434 g/mol. The number of benzene rings is 2. The molecule has 0 unspecified atom stereocenters. The molecular formula is C18H18F4N2O4S. The minimum absolute atomic E-state index is 0.0888. The molecule has 0 fully saturated rings. The first kappa shape index (κ1) is 22.5. The van der Waals surface area contributed by atoms with Crippen LogP contribution in [-0.2, 0) is 14.8 Å². The fourth-order valence-corrected chi connectivity index (χ4v) is 3.83. The third kappa shape index (κ3) is 6.34. The van der Waals surface area contributed by atoms with Gasteiger partial charge in [0, 0.05) is 5.69 Å². The minimum Gasteiger partial charge on any atom is -0.406 e. The highest BCUT2D eigenvalue weighted by molar-refractivity contribution is 7.92. The van der Waals surface area contributed by atoms with Gasteiger partial charge in [0.2, 0.25) is 15.9 Å². The molecule has 0 aromatic heterocycles. The van der Waals surface area contributed by atoms with Gasteiger partial charge in [-0.2, -0.15) is 0 Å². The molecule has 2 aromatic carbocycles. The van der Waals surface area contributed by atoms with E-state index < -0.39 is 39.9 Å². The zero-order valence-electron chi connectivity index (χ0n) is 15.4. The van der Waals surface area contributed by atoms with Gasteiger partial charge < -0.3 is 10.1 Å². The van der Waals surface area contributed by atoms with Crippen LogP contribution >= 0.6 is 0 Å². The van der Waals surface area contributed by atoms with Gasteiger partial charge in [-0.1, -0.05) is 6.92 Å². The number of nitrogens with one attached hydrogen (secondary N) is 1. The first-order valence-electron chi connectivity index (χ1n) is 8.32. The Balaban J connectivity index is 2.24. The molecule has 29 heavy (non-hydrogen) atoms. The fraction of sp³-hybridized carbons (Fsp3) is 0.278. The van der Waals surface area contributed by atoms with Gasteiger partial charge in [0.05, 0.1) is 11.9 Å². The summed E-state index contributed by atoms with van der Waals surface area (Å²) in [6, 6.07) is 7.83. The fourth-order valence-electron chi connectivity index (χ4n) is 2.61. The number of sulfonamides is 1. The summed E-state index contributed by atoms with van der Waals surface area (Å²) in [6.45, 7) is 1.59. The molecule has 0 radical (unpaired) electrons. The summed E-state index contributed by atoms with van der Waals surface area (Å²) in [7, 11) is -3.90. The van der Waals surface area contributed by atoms with E-state index in [0.717, 1.165) is 34.8 Å². The number of ether oxygens (including phenoxy) is 1. The van der Waals surface area contributed by atoms with Crippen molar-refractivity contribution >= 4 is 27.3 Å². The lowest BCUT2D eigenvalue weighted by molar-refractivity contribution is -0.274. The highest BCUT2D eigenvalue weighted by Gasteiger charge is 2.32. The van der Waals surface area contributed by atoms with Crippen molar-refractivity contribution in [2.75, 3.05) is 15.9 Å². The number of hydrogen-bond donors (Lipinski definition) is 1. The molecule has 0 aliphatic carbocycles. The van der Waals surface area contributed by atoms with Crippen LogP contribution < -0.4 is 14.4 Å². The molecule has 2 aromatic rings. The predicted molar refractivity (Wildman–Crippen MR) is 99.6 cm³/mol. The van der Waals surface area contributed by atoms with Gasteiger partial charge in [0.25, 0.3) is 0 Å². The van der Waals surface area contributed by atoms with E-state index in [9.17, 15) is 30.8 Å². The van der Waals surface area contributed by atoms with E-state index in [2.05, 4.69) is 10.1 Å². The molecule has 1 atom stereocenters. The lowest BCUT2D eigenvalue weighted by Gasteiger charge is -2.30. The topological polar surface area (TPSA) is 75.7 Å². The second kappa shape index (κ2) is 8.68. The van der Waals surface area contributed by atoms with E-state index >= 15 is 0 Å². The summed E-state index contributed by atoms with van der Waals surface area (Å²) in [6.07, 6.45) is -3.84. The number of carbonyl (C=O) groups excluding carboxylic acids is 1.